The number of ether oxygens (including phenoxy) is 1. The Kier molecular flexibility index (Phi) is 3.03. The molecule has 5 heteroatoms. The molecular formula is C7H15NO4. The SMILES string of the molecule is C[C@@H]1OC(CN)[C@H](O)[C@H](O)C1O. The summed E-state index contributed by atoms with van der Waals surface area (Å²) in [6.07, 6.45) is -4.37. The van der Waals surface area contributed by atoms with E-state index in [-0.39, 0.29) is 6.54 Å². The first-order valence-corrected chi connectivity index (χ1v) is 3.97. The van der Waals surface area contributed by atoms with Gasteiger partial charge in [0.25, 0.3) is 0 Å². The van der Waals surface area contributed by atoms with Crippen LogP contribution in [-0.4, -0.2) is 52.4 Å². The molecule has 1 aliphatic heterocycles. The van der Waals surface area contributed by atoms with Gasteiger partial charge in [-0.25, -0.2) is 0 Å². The summed E-state index contributed by atoms with van der Waals surface area (Å²) in [5.74, 6) is 0. The second kappa shape index (κ2) is 3.68. The fourth-order valence-corrected chi connectivity index (χ4v) is 1.33. The van der Waals surface area contributed by atoms with E-state index >= 15 is 0 Å². The number of aliphatic hydroxyl groups excluding tert-OH is 3. The smallest absolute Gasteiger partial charge is 0.111 e. The summed E-state index contributed by atoms with van der Waals surface area (Å²) in [6, 6.07) is 0. The van der Waals surface area contributed by atoms with Crippen LogP contribution < -0.4 is 5.73 Å². The molecule has 0 bridgehead atoms. The first kappa shape index (κ1) is 9.88. The number of hydrogen-bond acceptors (Lipinski definition) is 5. The quantitative estimate of drug-likeness (QED) is 0.365. The predicted molar refractivity (Wildman–Crippen MR) is 41.4 cm³/mol. The highest BCUT2D eigenvalue weighted by Crippen LogP contribution is 2.19. The Morgan fingerprint density at radius 3 is 2.25 bits per heavy atom. The number of rotatable bonds is 1. The second-order valence-electron chi connectivity index (χ2n) is 3.09. The maximum atomic E-state index is 9.31. The van der Waals surface area contributed by atoms with Gasteiger partial charge in [-0.05, 0) is 6.92 Å². The van der Waals surface area contributed by atoms with Gasteiger partial charge in [-0.2, -0.15) is 0 Å². The Bertz CT molecular complexity index is 150. The van der Waals surface area contributed by atoms with Gasteiger partial charge in [-0.15, -0.1) is 0 Å². The summed E-state index contributed by atoms with van der Waals surface area (Å²) < 4.78 is 5.15. The van der Waals surface area contributed by atoms with Crippen molar-refractivity contribution in [1.29, 1.82) is 0 Å². The molecule has 1 rings (SSSR count). The van der Waals surface area contributed by atoms with Gasteiger partial charge in [-0.3, -0.25) is 0 Å². The summed E-state index contributed by atoms with van der Waals surface area (Å²) in [5, 5.41) is 27.8. The summed E-state index contributed by atoms with van der Waals surface area (Å²) in [5.41, 5.74) is 5.29. The van der Waals surface area contributed by atoms with Gasteiger partial charge in [0.2, 0.25) is 0 Å². The van der Waals surface area contributed by atoms with Crippen LogP contribution in [0.4, 0.5) is 0 Å². The van der Waals surface area contributed by atoms with E-state index in [4.69, 9.17) is 10.5 Å². The van der Waals surface area contributed by atoms with Crippen molar-refractivity contribution >= 4 is 0 Å². The number of hydrogen-bond donors (Lipinski definition) is 4. The maximum Gasteiger partial charge on any atom is 0.111 e. The first-order chi connectivity index (χ1) is 5.57. The molecule has 1 aliphatic rings. The Morgan fingerprint density at radius 2 is 1.75 bits per heavy atom. The molecule has 0 aromatic carbocycles. The average Bonchev–Trinajstić information content (AvgIpc) is 2.08. The summed E-state index contributed by atoms with van der Waals surface area (Å²) >= 11 is 0. The molecule has 2 unspecified atom stereocenters. The second-order valence-corrected chi connectivity index (χ2v) is 3.09. The van der Waals surface area contributed by atoms with Crippen LogP contribution >= 0.6 is 0 Å². The van der Waals surface area contributed by atoms with Crippen molar-refractivity contribution in [2.75, 3.05) is 6.54 Å². The van der Waals surface area contributed by atoms with Crippen LogP contribution in [0.1, 0.15) is 6.92 Å². The molecule has 1 saturated heterocycles. The van der Waals surface area contributed by atoms with E-state index in [1.54, 1.807) is 6.92 Å². The Labute approximate surface area is 70.8 Å². The minimum atomic E-state index is -1.16. The van der Waals surface area contributed by atoms with Crippen molar-refractivity contribution in [2.24, 2.45) is 5.73 Å². The highest BCUT2D eigenvalue weighted by Gasteiger charge is 2.40. The lowest BCUT2D eigenvalue weighted by molar-refractivity contribution is -0.213. The highest BCUT2D eigenvalue weighted by atomic mass is 16.5. The highest BCUT2D eigenvalue weighted by molar-refractivity contribution is 4.90. The zero-order valence-corrected chi connectivity index (χ0v) is 6.92. The van der Waals surface area contributed by atoms with Gasteiger partial charge in [0.15, 0.2) is 0 Å². The molecule has 0 amide bonds. The van der Waals surface area contributed by atoms with Crippen molar-refractivity contribution in [3.05, 3.63) is 0 Å². The van der Waals surface area contributed by atoms with Crippen LogP contribution in [0.15, 0.2) is 0 Å². The van der Waals surface area contributed by atoms with Crippen molar-refractivity contribution in [3.63, 3.8) is 0 Å². The van der Waals surface area contributed by atoms with Crippen LogP contribution in [0.3, 0.4) is 0 Å². The minimum Gasteiger partial charge on any atom is -0.388 e. The molecule has 5 nitrogen and oxygen atoms in total. The van der Waals surface area contributed by atoms with E-state index in [0.717, 1.165) is 0 Å². The van der Waals surface area contributed by atoms with E-state index in [1.165, 1.54) is 0 Å². The molecule has 1 heterocycles. The maximum absolute atomic E-state index is 9.31. The van der Waals surface area contributed by atoms with Gasteiger partial charge in [0, 0.05) is 6.54 Å². The fourth-order valence-electron chi connectivity index (χ4n) is 1.33. The van der Waals surface area contributed by atoms with Crippen LogP contribution in [0.5, 0.6) is 0 Å². The average molecular weight is 177 g/mol. The lowest BCUT2D eigenvalue weighted by Crippen LogP contribution is -2.58. The standard InChI is InChI=1S/C7H15NO4/c1-3-5(9)7(11)6(10)4(2-8)12-3/h3-7,9-11H,2,8H2,1H3/t3-,4?,5?,6-,7+/m0/s1. The molecule has 0 spiro atoms. The van der Waals surface area contributed by atoms with Gasteiger partial charge in [0.05, 0.1) is 12.2 Å². The molecule has 1 fully saturated rings. The van der Waals surface area contributed by atoms with Crippen LogP contribution in [0, 0.1) is 0 Å². The van der Waals surface area contributed by atoms with Gasteiger partial charge < -0.3 is 25.8 Å². The molecule has 5 atom stereocenters. The lowest BCUT2D eigenvalue weighted by Gasteiger charge is -2.38. The van der Waals surface area contributed by atoms with Crippen LogP contribution in [0.25, 0.3) is 0 Å². The van der Waals surface area contributed by atoms with Gasteiger partial charge in [0.1, 0.15) is 18.3 Å². The Morgan fingerprint density at radius 1 is 1.17 bits per heavy atom. The van der Waals surface area contributed by atoms with E-state index in [2.05, 4.69) is 0 Å². The van der Waals surface area contributed by atoms with Crippen molar-refractivity contribution < 1.29 is 20.1 Å². The predicted octanol–water partition coefficient (Wildman–Crippen LogP) is -2.18. The number of aliphatic hydroxyl groups is 3. The van der Waals surface area contributed by atoms with E-state index in [0.29, 0.717) is 0 Å². The van der Waals surface area contributed by atoms with Crippen molar-refractivity contribution in [3.8, 4) is 0 Å². The zero-order chi connectivity index (χ0) is 9.30. The summed E-state index contributed by atoms with van der Waals surface area (Å²) in [4.78, 5) is 0. The molecule has 5 N–H and O–H groups in total. The summed E-state index contributed by atoms with van der Waals surface area (Å²) in [6.45, 7) is 1.76. The Balaban J connectivity index is 2.63. The molecule has 0 saturated carbocycles. The topological polar surface area (TPSA) is 95.9 Å². The minimum absolute atomic E-state index is 0.134. The molecule has 0 radical (unpaired) electrons. The molecule has 0 aromatic rings. The molecule has 0 aromatic heterocycles. The molecule has 72 valence electrons. The summed E-state index contributed by atoms with van der Waals surface area (Å²) in [7, 11) is 0. The normalized spacial score (nSPS) is 49.2. The molecular weight excluding hydrogens is 162 g/mol. The lowest BCUT2D eigenvalue weighted by atomic mass is 9.96. The largest absolute Gasteiger partial charge is 0.388 e. The van der Waals surface area contributed by atoms with Crippen LogP contribution in [-0.2, 0) is 4.74 Å². The van der Waals surface area contributed by atoms with E-state index in [1.807, 2.05) is 0 Å². The number of nitrogens with two attached hydrogens (primary N) is 1. The van der Waals surface area contributed by atoms with E-state index in [9.17, 15) is 15.3 Å². The molecule has 0 aliphatic carbocycles. The zero-order valence-electron chi connectivity index (χ0n) is 6.92. The van der Waals surface area contributed by atoms with Gasteiger partial charge in [-0.1, -0.05) is 0 Å². The van der Waals surface area contributed by atoms with Crippen LogP contribution in [0.2, 0.25) is 0 Å². The molecule has 12 heavy (non-hydrogen) atoms. The van der Waals surface area contributed by atoms with Gasteiger partial charge >= 0.3 is 0 Å². The van der Waals surface area contributed by atoms with E-state index < -0.39 is 30.5 Å². The third-order valence-corrected chi connectivity index (χ3v) is 2.18. The van der Waals surface area contributed by atoms with Crippen molar-refractivity contribution in [1.82, 2.24) is 0 Å². The van der Waals surface area contributed by atoms with Crippen molar-refractivity contribution in [2.45, 2.75) is 37.4 Å². The monoisotopic (exact) mass is 177 g/mol. The Hall–Kier alpha value is -0.200. The first-order valence-electron chi connectivity index (χ1n) is 3.97. The third kappa shape index (κ3) is 1.60. The fraction of sp³-hybridized carbons (Fsp3) is 1.00. The third-order valence-electron chi connectivity index (χ3n) is 2.18.